The highest BCUT2D eigenvalue weighted by atomic mass is 79.9. The van der Waals surface area contributed by atoms with Crippen molar-refractivity contribution in [2.24, 2.45) is 0 Å². The van der Waals surface area contributed by atoms with E-state index in [2.05, 4.69) is 44.6 Å². The van der Waals surface area contributed by atoms with Gasteiger partial charge >= 0.3 is 0 Å². The Morgan fingerprint density at radius 3 is 2.93 bits per heavy atom. The van der Waals surface area contributed by atoms with Gasteiger partial charge in [0.2, 0.25) is 0 Å². The summed E-state index contributed by atoms with van der Waals surface area (Å²) in [5.74, 6) is 0. The molecule has 2 rings (SSSR count). The molecule has 0 N–H and O–H groups in total. The lowest BCUT2D eigenvalue weighted by Gasteiger charge is -2.39. The first kappa shape index (κ1) is 11.4. The van der Waals surface area contributed by atoms with Crippen LogP contribution >= 0.6 is 27.3 Å². The number of aromatic nitrogens is 1. The van der Waals surface area contributed by atoms with Gasteiger partial charge in [-0.3, -0.25) is 4.90 Å². The highest BCUT2D eigenvalue weighted by molar-refractivity contribution is 9.10. The van der Waals surface area contributed by atoms with Crippen LogP contribution in [-0.4, -0.2) is 42.1 Å². The van der Waals surface area contributed by atoms with Crippen LogP contribution in [0, 0.1) is 0 Å². The quantitative estimate of drug-likeness (QED) is 0.834. The molecule has 1 fully saturated rings. The highest BCUT2D eigenvalue weighted by Crippen LogP contribution is 2.25. The maximum absolute atomic E-state index is 4.46. The lowest BCUT2D eigenvalue weighted by atomic mass is 10.2. The van der Waals surface area contributed by atoms with Crippen LogP contribution in [0.3, 0.4) is 0 Å². The first-order valence-corrected chi connectivity index (χ1v) is 6.98. The van der Waals surface area contributed by atoms with Crippen LogP contribution in [0.15, 0.2) is 9.98 Å². The van der Waals surface area contributed by atoms with Gasteiger partial charge in [0, 0.05) is 31.1 Å². The molecule has 0 amide bonds. The van der Waals surface area contributed by atoms with Crippen LogP contribution in [0.2, 0.25) is 0 Å². The minimum Gasteiger partial charge on any atom is -0.345 e. The van der Waals surface area contributed by atoms with Crippen LogP contribution in [-0.2, 0) is 0 Å². The van der Waals surface area contributed by atoms with Gasteiger partial charge in [0.1, 0.15) is 4.60 Å². The second kappa shape index (κ2) is 4.80. The maximum atomic E-state index is 4.46. The monoisotopic (exact) mass is 289 g/mol. The molecule has 5 heteroatoms. The second-order valence-corrected chi connectivity index (χ2v) is 5.53. The van der Waals surface area contributed by atoms with E-state index >= 15 is 0 Å². The Labute approximate surface area is 103 Å². The van der Waals surface area contributed by atoms with Crippen molar-refractivity contribution in [2.45, 2.75) is 19.9 Å². The Morgan fingerprint density at radius 2 is 2.40 bits per heavy atom. The van der Waals surface area contributed by atoms with Gasteiger partial charge in [0.05, 0.1) is 0 Å². The molecule has 3 nitrogen and oxygen atoms in total. The third-order valence-electron chi connectivity index (χ3n) is 2.91. The molecule has 0 bridgehead atoms. The number of rotatable bonds is 2. The van der Waals surface area contributed by atoms with E-state index in [0.29, 0.717) is 6.04 Å². The van der Waals surface area contributed by atoms with Gasteiger partial charge in [-0.2, -0.15) is 0 Å². The van der Waals surface area contributed by atoms with E-state index in [0.717, 1.165) is 35.9 Å². The normalized spacial score (nSPS) is 23.4. The Bertz CT molecular complexity index is 328. The molecule has 15 heavy (non-hydrogen) atoms. The number of halogens is 1. The SMILES string of the molecule is CCN1CCN(c2nc(Br)cs2)CC1C. The number of nitrogens with zero attached hydrogens (tertiary/aromatic N) is 3. The molecule has 1 aromatic rings. The Kier molecular flexibility index (Phi) is 3.64. The van der Waals surface area contributed by atoms with Crippen LogP contribution in [0.5, 0.6) is 0 Å². The number of piperazine rings is 1. The zero-order valence-corrected chi connectivity index (χ0v) is 11.5. The fourth-order valence-electron chi connectivity index (χ4n) is 2.03. The van der Waals surface area contributed by atoms with Crippen LogP contribution < -0.4 is 4.90 Å². The van der Waals surface area contributed by atoms with E-state index in [1.54, 1.807) is 11.3 Å². The number of hydrogen-bond donors (Lipinski definition) is 0. The Balaban J connectivity index is 2.02. The molecule has 84 valence electrons. The average Bonchev–Trinajstić information content (AvgIpc) is 2.65. The smallest absolute Gasteiger partial charge is 0.186 e. The molecule has 0 saturated carbocycles. The summed E-state index contributed by atoms with van der Waals surface area (Å²) in [4.78, 5) is 9.36. The molecule has 1 atom stereocenters. The van der Waals surface area contributed by atoms with Crippen molar-refractivity contribution >= 4 is 32.4 Å². The topological polar surface area (TPSA) is 19.4 Å². The predicted molar refractivity (Wildman–Crippen MR) is 68.7 cm³/mol. The summed E-state index contributed by atoms with van der Waals surface area (Å²) >= 11 is 5.12. The van der Waals surface area contributed by atoms with Crippen molar-refractivity contribution in [3.8, 4) is 0 Å². The summed E-state index contributed by atoms with van der Waals surface area (Å²) < 4.78 is 0.952. The summed E-state index contributed by atoms with van der Waals surface area (Å²) in [5.41, 5.74) is 0. The van der Waals surface area contributed by atoms with E-state index in [4.69, 9.17) is 0 Å². The van der Waals surface area contributed by atoms with Gasteiger partial charge in [-0.05, 0) is 29.4 Å². The maximum Gasteiger partial charge on any atom is 0.186 e. The molecule has 0 aromatic carbocycles. The van der Waals surface area contributed by atoms with Gasteiger partial charge in [-0.25, -0.2) is 4.98 Å². The van der Waals surface area contributed by atoms with Gasteiger partial charge in [-0.15, -0.1) is 11.3 Å². The predicted octanol–water partition coefficient (Wildman–Crippen LogP) is 2.44. The van der Waals surface area contributed by atoms with Gasteiger partial charge in [0.15, 0.2) is 5.13 Å². The third kappa shape index (κ3) is 2.52. The number of thiazole rings is 1. The minimum atomic E-state index is 0.631. The highest BCUT2D eigenvalue weighted by Gasteiger charge is 2.23. The lowest BCUT2D eigenvalue weighted by molar-refractivity contribution is 0.199. The summed E-state index contributed by atoms with van der Waals surface area (Å²) in [5, 5.41) is 3.19. The molecule has 0 aliphatic carbocycles. The van der Waals surface area contributed by atoms with Gasteiger partial charge < -0.3 is 4.90 Å². The van der Waals surface area contributed by atoms with Crippen molar-refractivity contribution < 1.29 is 0 Å². The average molecular weight is 290 g/mol. The number of anilines is 1. The fraction of sp³-hybridized carbons (Fsp3) is 0.700. The van der Waals surface area contributed by atoms with Crippen LogP contribution in [0.4, 0.5) is 5.13 Å². The molecule has 1 unspecified atom stereocenters. The standard InChI is InChI=1S/C10H16BrN3S/c1-3-13-4-5-14(6-8(13)2)10-12-9(11)7-15-10/h7-8H,3-6H2,1-2H3. The van der Waals surface area contributed by atoms with Gasteiger partial charge in [0.25, 0.3) is 0 Å². The second-order valence-electron chi connectivity index (χ2n) is 3.88. The van der Waals surface area contributed by atoms with E-state index in [1.807, 2.05) is 5.38 Å². The summed E-state index contributed by atoms with van der Waals surface area (Å²) in [6.45, 7) is 9.00. The van der Waals surface area contributed by atoms with Crippen molar-refractivity contribution in [1.82, 2.24) is 9.88 Å². The van der Waals surface area contributed by atoms with E-state index in [-0.39, 0.29) is 0 Å². The molecule has 2 heterocycles. The van der Waals surface area contributed by atoms with Crippen molar-refractivity contribution in [2.75, 3.05) is 31.1 Å². The van der Waals surface area contributed by atoms with Crippen molar-refractivity contribution in [1.29, 1.82) is 0 Å². The summed E-state index contributed by atoms with van der Waals surface area (Å²) in [7, 11) is 0. The van der Waals surface area contributed by atoms with E-state index in [1.165, 1.54) is 0 Å². The molecule has 1 aliphatic rings. The Morgan fingerprint density at radius 1 is 1.60 bits per heavy atom. The molecule has 0 radical (unpaired) electrons. The number of hydrogen-bond acceptors (Lipinski definition) is 4. The molecule has 1 saturated heterocycles. The third-order valence-corrected chi connectivity index (χ3v) is 4.52. The minimum absolute atomic E-state index is 0.631. The van der Waals surface area contributed by atoms with Crippen molar-refractivity contribution in [3.63, 3.8) is 0 Å². The molecular weight excluding hydrogens is 274 g/mol. The first-order chi connectivity index (χ1) is 7.20. The largest absolute Gasteiger partial charge is 0.345 e. The molecule has 0 spiro atoms. The molecule has 1 aliphatic heterocycles. The number of likely N-dealkylation sites (N-methyl/N-ethyl adjacent to an activating group) is 1. The summed E-state index contributed by atoms with van der Waals surface area (Å²) in [6.07, 6.45) is 0. The van der Waals surface area contributed by atoms with E-state index < -0.39 is 0 Å². The molecule has 1 aromatic heterocycles. The zero-order valence-electron chi connectivity index (χ0n) is 9.11. The summed E-state index contributed by atoms with van der Waals surface area (Å²) in [6, 6.07) is 0.631. The van der Waals surface area contributed by atoms with Gasteiger partial charge in [-0.1, -0.05) is 6.92 Å². The zero-order chi connectivity index (χ0) is 10.8. The van der Waals surface area contributed by atoms with E-state index in [9.17, 15) is 0 Å². The molecular formula is C10H16BrN3S. The van der Waals surface area contributed by atoms with Crippen LogP contribution in [0.25, 0.3) is 0 Å². The Hall–Kier alpha value is -0.130. The lowest BCUT2D eigenvalue weighted by Crippen LogP contribution is -2.51. The first-order valence-electron chi connectivity index (χ1n) is 5.30. The fourth-order valence-corrected chi connectivity index (χ4v) is 3.32. The van der Waals surface area contributed by atoms with Crippen LogP contribution in [0.1, 0.15) is 13.8 Å². The van der Waals surface area contributed by atoms with Crippen molar-refractivity contribution in [3.05, 3.63) is 9.98 Å².